The maximum absolute atomic E-state index is 11.4. The summed E-state index contributed by atoms with van der Waals surface area (Å²) >= 11 is 0. The maximum Gasteiger partial charge on any atom is 3.00 e. The average Bonchev–Trinajstić information content (AvgIpc) is 2.91. The van der Waals surface area contributed by atoms with Crippen molar-refractivity contribution >= 4 is 39.2 Å². The van der Waals surface area contributed by atoms with Crippen LogP contribution in [0.5, 0.6) is 17.2 Å². The van der Waals surface area contributed by atoms with E-state index in [0.29, 0.717) is 11.0 Å². The van der Waals surface area contributed by atoms with Gasteiger partial charge in [0.05, 0.1) is 11.0 Å². The van der Waals surface area contributed by atoms with Gasteiger partial charge < -0.3 is 15.3 Å². The third-order valence-corrected chi connectivity index (χ3v) is 6.22. The van der Waals surface area contributed by atoms with Crippen LogP contribution in [0.1, 0.15) is 22.5 Å². The molecule has 0 saturated heterocycles. The van der Waals surface area contributed by atoms with Crippen LogP contribution in [0.2, 0.25) is 0 Å². The summed E-state index contributed by atoms with van der Waals surface area (Å²) in [7, 11) is 0. The van der Waals surface area contributed by atoms with E-state index in [9.17, 15) is 15.3 Å². The molecule has 5 nitrogen and oxygen atoms in total. The van der Waals surface area contributed by atoms with E-state index in [2.05, 4.69) is 9.97 Å². The van der Waals surface area contributed by atoms with Crippen LogP contribution < -0.4 is 15.3 Å². The normalized spacial score (nSPS) is 10.1. The van der Waals surface area contributed by atoms with E-state index in [1.54, 1.807) is 42.5 Å². The number of para-hydroxylation sites is 2. The number of aryl methyl sites for hydroxylation is 4. The minimum Gasteiger partial charge on any atom is -0.872 e. The van der Waals surface area contributed by atoms with Crippen molar-refractivity contribution in [3.05, 3.63) is 126 Å². The molecule has 6 rings (SSSR count). The van der Waals surface area contributed by atoms with Gasteiger partial charge >= 0.3 is 17.4 Å². The van der Waals surface area contributed by atoms with Crippen LogP contribution in [-0.4, -0.2) is 27.3 Å². The van der Waals surface area contributed by atoms with Crippen molar-refractivity contribution in [1.29, 1.82) is 0 Å². The Labute approximate surface area is 245 Å². The van der Waals surface area contributed by atoms with Crippen LogP contribution in [0.3, 0.4) is 0 Å². The number of benzene rings is 4. The number of hydrogen-bond donors (Lipinski definition) is 0. The third-order valence-electron chi connectivity index (χ3n) is 6.22. The zero-order valence-electron chi connectivity index (χ0n) is 23.0. The monoisotopic (exact) mass is 540 g/mol. The Hall–Kier alpha value is -4.37. The van der Waals surface area contributed by atoms with E-state index >= 15 is 0 Å². The zero-order valence-corrected chi connectivity index (χ0v) is 24.2. The van der Waals surface area contributed by atoms with Gasteiger partial charge in [0.2, 0.25) is 0 Å². The fourth-order valence-electron chi connectivity index (χ4n) is 4.42. The molecule has 4 aromatic carbocycles. The largest absolute Gasteiger partial charge is 3.00 e. The molecule has 196 valence electrons. The minimum absolute atomic E-state index is 0. The Morgan fingerprint density at radius 1 is 0.475 bits per heavy atom. The molecule has 0 fully saturated rings. The van der Waals surface area contributed by atoms with Crippen LogP contribution >= 0.6 is 0 Å². The predicted molar refractivity (Wildman–Crippen MR) is 158 cm³/mol. The van der Waals surface area contributed by atoms with Gasteiger partial charge in [0.15, 0.2) is 0 Å². The molecule has 0 spiro atoms. The maximum atomic E-state index is 11.4. The Morgan fingerprint density at radius 3 is 1.40 bits per heavy atom. The molecule has 0 atom stereocenters. The molecule has 6 heteroatoms. The number of nitrogens with zero attached hydrogens (tertiary/aromatic N) is 2. The van der Waals surface area contributed by atoms with Gasteiger partial charge in [-0.15, -0.1) is 5.75 Å². The molecule has 0 amide bonds. The van der Waals surface area contributed by atoms with Gasteiger partial charge in [0.25, 0.3) is 0 Å². The van der Waals surface area contributed by atoms with Crippen molar-refractivity contribution in [1.82, 2.24) is 9.97 Å². The van der Waals surface area contributed by atoms with E-state index in [0.717, 1.165) is 44.4 Å². The number of pyridine rings is 2. The smallest absolute Gasteiger partial charge is 0.872 e. The Morgan fingerprint density at radius 2 is 0.925 bits per heavy atom. The van der Waals surface area contributed by atoms with E-state index in [-0.39, 0.29) is 34.6 Å². The summed E-state index contributed by atoms with van der Waals surface area (Å²) < 4.78 is 0. The molecule has 40 heavy (non-hydrogen) atoms. The molecular formula is C34H29AlN2O3. The summed E-state index contributed by atoms with van der Waals surface area (Å²) in [6, 6.07) is 31.3. The fraction of sp³-hybridized carbons (Fsp3) is 0.118. The van der Waals surface area contributed by atoms with Crippen LogP contribution in [0.15, 0.2) is 103 Å². The first-order chi connectivity index (χ1) is 18.7. The van der Waals surface area contributed by atoms with Crippen LogP contribution in [0.25, 0.3) is 32.9 Å². The predicted octanol–water partition coefficient (Wildman–Crippen LogP) is 5.90. The quantitative estimate of drug-likeness (QED) is 0.242. The molecule has 0 aliphatic rings. The Kier molecular flexibility index (Phi) is 10.3. The molecule has 0 N–H and O–H groups in total. The first kappa shape index (κ1) is 30.2. The Balaban J connectivity index is 0.000000163. The molecule has 2 aromatic heterocycles. The first-order valence-electron chi connectivity index (χ1n) is 12.6. The summed E-state index contributed by atoms with van der Waals surface area (Å²) in [5.74, 6) is 0.0648. The van der Waals surface area contributed by atoms with Crippen LogP contribution in [-0.2, 0) is 0 Å². The van der Waals surface area contributed by atoms with Gasteiger partial charge in [-0.3, -0.25) is 9.97 Å². The van der Waals surface area contributed by atoms with Gasteiger partial charge in [-0.25, -0.2) is 0 Å². The second-order valence-electron chi connectivity index (χ2n) is 9.36. The summed E-state index contributed by atoms with van der Waals surface area (Å²) in [4.78, 5) is 8.45. The van der Waals surface area contributed by atoms with E-state index in [1.807, 2.05) is 88.4 Å². The number of hydrogen-bond acceptors (Lipinski definition) is 5. The van der Waals surface area contributed by atoms with Crippen molar-refractivity contribution < 1.29 is 15.3 Å². The van der Waals surface area contributed by atoms with Crippen molar-refractivity contribution in [2.45, 2.75) is 27.7 Å². The minimum atomic E-state index is 0. The standard InChI is InChI=1S/C12H10O.2C11H11NO.Al/c13-12-8-4-7-11(9-12)10-5-2-1-3-6-10;2*1-7-6-8(2)12-11-9(7)4-3-5-10(11)13;/h1-9,13H;2*3-6,13H,1-2H3;/q;;;+3/p-3. The average molecular weight is 541 g/mol. The molecule has 6 aromatic rings. The molecule has 0 radical (unpaired) electrons. The molecule has 0 aliphatic heterocycles. The van der Waals surface area contributed by atoms with Gasteiger partial charge in [0.1, 0.15) is 0 Å². The number of aromatic nitrogens is 2. The van der Waals surface area contributed by atoms with Crippen molar-refractivity contribution in [2.24, 2.45) is 0 Å². The zero-order chi connectivity index (χ0) is 27.9. The van der Waals surface area contributed by atoms with Crippen molar-refractivity contribution in [2.75, 3.05) is 0 Å². The molecule has 2 heterocycles. The van der Waals surface area contributed by atoms with Crippen molar-refractivity contribution in [3.63, 3.8) is 0 Å². The summed E-state index contributed by atoms with van der Waals surface area (Å²) in [6.45, 7) is 7.80. The van der Waals surface area contributed by atoms with Gasteiger partial charge in [-0.1, -0.05) is 102 Å². The van der Waals surface area contributed by atoms with Gasteiger partial charge in [-0.2, -0.15) is 0 Å². The first-order valence-corrected chi connectivity index (χ1v) is 12.6. The number of fused-ring (bicyclic) bond motifs is 2. The van der Waals surface area contributed by atoms with Gasteiger partial charge in [0, 0.05) is 22.2 Å². The van der Waals surface area contributed by atoms with Crippen LogP contribution in [0, 0.1) is 27.7 Å². The Bertz CT molecular complexity index is 1650. The summed E-state index contributed by atoms with van der Waals surface area (Å²) in [6.07, 6.45) is 0. The topological polar surface area (TPSA) is 95.0 Å². The molecule has 0 aliphatic carbocycles. The van der Waals surface area contributed by atoms with E-state index < -0.39 is 0 Å². The fourth-order valence-corrected chi connectivity index (χ4v) is 4.42. The second-order valence-corrected chi connectivity index (χ2v) is 9.36. The third kappa shape index (κ3) is 7.39. The molecular weight excluding hydrogens is 511 g/mol. The number of rotatable bonds is 1. The van der Waals surface area contributed by atoms with Crippen molar-refractivity contribution in [3.8, 4) is 28.4 Å². The molecule has 0 saturated carbocycles. The second kappa shape index (κ2) is 13.6. The summed E-state index contributed by atoms with van der Waals surface area (Å²) in [5.41, 5.74) is 7.25. The molecule has 0 bridgehead atoms. The summed E-state index contributed by atoms with van der Waals surface area (Å²) in [5, 5.41) is 35.8. The molecule has 0 unspecified atom stereocenters. The van der Waals surface area contributed by atoms with E-state index in [4.69, 9.17) is 0 Å². The van der Waals surface area contributed by atoms with E-state index in [1.165, 1.54) is 0 Å². The van der Waals surface area contributed by atoms with Gasteiger partial charge in [-0.05, 0) is 62.1 Å². The SMILES string of the molecule is Cc1cc(C)c2cccc([O-])c2n1.Cc1cc(C)c2cccc([O-])c2n1.[Al+3].[O-]c1cccc(-c2ccccc2)c1. The van der Waals surface area contributed by atoms with Crippen LogP contribution in [0.4, 0.5) is 0 Å².